The monoisotopic (exact) mass is 314 g/mol. The van der Waals surface area contributed by atoms with Crippen LogP contribution in [0.15, 0.2) is 5.16 Å². The van der Waals surface area contributed by atoms with Crippen molar-refractivity contribution >= 4 is 23.5 Å². The molecule has 2 aliphatic heterocycles. The first-order chi connectivity index (χ1) is 10.2. The molecule has 2 saturated heterocycles. The largest absolute Gasteiger partial charge is 0.409 e. The zero-order valence-corrected chi connectivity index (χ0v) is 13.5. The number of amides is 1. The third-order valence-electron chi connectivity index (χ3n) is 4.37. The van der Waals surface area contributed by atoms with Crippen molar-refractivity contribution in [2.24, 2.45) is 10.9 Å². The minimum Gasteiger partial charge on any atom is -0.409 e. The fourth-order valence-corrected chi connectivity index (χ4v) is 4.39. The summed E-state index contributed by atoms with van der Waals surface area (Å²) in [5, 5.41) is 12.1. The second kappa shape index (κ2) is 7.89. The van der Waals surface area contributed by atoms with E-state index in [0.717, 1.165) is 44.8 Å². The molecule has 3 N–H and O–H groups in total. The summed E-state index contributed by atoms with van der Waals surface area (Å²) in [6.07, 6.45) is 4.23. The number of nitrogens with zero attached hydrogens (tertiary/aromatic N) is 3. The molecule has 1 amide bonds. The first-order valence-corrected chi connectivity index (χ1v) is 8.84. The quantitative estimate of drug-likeness (QED) is 0.349. The molecule has 2 heterocycles. The first kappa shape index (κ1) is 16.4. The van der Waals surface area contributed by atoms with E-state index in [-0.39, 0.29) is 17.1 Å². The number of amidine groups is 1. The lowest BCUT2D eigenvalue weighted by Crippen LogP contribution is -2.56. The summed E-state index contributed by atoms with van der Waals surface area (Å²) in [4.78, 5) is 16.7. The van der Waals surface area contributed by atoms with Crippen molar-refractivity contribution in [1.82, 2.24) is 9.80 Å². The molecule has 0 saturated carbocycles. The van der Waals surface area contributed by atoms with Gasteiger partial charge in [0.2, 0.25) is 5.91 Å². The normalized spacial score (nSPS) is 26.6. The van der Waals surface area contributed by atoms with Gasteiger partial charge in [0, 0.05) is 26.2 Å². The number of carbonyl (C=O) groups is 1. The summed E-state index contributed by atoms with van der Waals surface area (Å²) in [6, 6.07) is -0.0312. The topological polar surface area (TPSA) is 82.2 Å². The number of piperazine rings is 1. The molecular weight excluding hydrogens is 288 g/mol. The Morgan fingerprint density at radius 1 is 1.38 bits per heavy atom. The van der Waals surface area contributed by atoms with Crippen molar-refractivity contribution in [3.8, 4) is 0 Å². The fourth-order valence-electron chi connectivity index (χ4n) is 3.11. The van der Waals surface area contributed by atoms with Crippen LogP contribution in [-0.4, -0.2) is 70.0 Å². The Bertz CT molecular complexity index is 377. The molecule has 2 rings (SSSR count). The fraction of sp³-hybridized carbons (Fsp3) is 0.857. The van der Waals surface area contributed by atoms with Crippen molar-refractivity contribution in [2.75, 3.05) is 31.9 Å². The molecule has 120 valence electrons. The van der Waals surface area contributed by atoms with Gasteiger partial charge < -0.3 is 15.8 Å². The Morgan fingerprint density at radius 3 is 2.62 bits per heavy atom. The van der Waals surface area contributed by atoms with Gasteiger partial charge in [-0.3, -0.25) is 9.69 Å². The van der Waals surface area contributed by atoms with Crippen LogP contribution in [0, 0.1) is 0 Å². The van der Waals surface area contributed by atoms with Crippen LogP contribution in [-0.2, 0) is 4.79 Å². The van der Waals surface area contributed by atoms with E-state index >= 15 is 0 Å². The van der Waals surface area contributed by atoms with Gasteiger partial charge >= 0.3 is 0 Å². The molecule has 0 spiro atoms. The van der Waals surface area contributed by atoms with E-state index in [0.29, 0.717) is 5.91 Å². The molecule has 0 aromatic heterocycles. The molecule has 0 radical (unpaired) electrons. The Morgan fingerprint density at radius 2 is 2.10 bits per heavy atom. The predicted octanol–water partition coefficient (Wildman–Crippen LogP) is 0.941. The molecule has 0 aromatic rings. The highest BCUT2D eigenvalue weighted by Gasteiger charge is 2.31. The van der Waals surface area contributed by atoms with Crippen LogP contribution >= 0.6 is 11.8 Å². The first-order valence-electron chi connectivity index (χ1n) is 7.79. The lowest BCUT2D eigenvalue weighted by atomic mass is 10.1. The van der Waals surface area contributed by atoms with Crippen LogP contribution < -0.4 is 5.73 Å². The molecule has 0 aliphatic carbocycles. The van der Waals surface area contributed by atoms with E-state index in [2.05, 4.69) is 10.1 Å². The van der Waals surface area contributed by atoms with Gasteiger partial charge in [-0.25, -0.2) is 0 Å². The predicted molar refractivity (Wildman–Crippen MR) is 85.7 cm³/mol. The second-order valence-electron chi connectivity index (χ2n) is 5.67. The number of thioether (sulfide) groups is 1. The lowest BCUT2D eigenvalue weighted by molar-refractivity contribution is -0.132. The van der Waals surface area contributed by atoms with Crippen molar-refractivity contribution in [1.29, 1.82) is 0 Å². The summed E-state index contributed by atoms with van der Waals surface area (Å²) in [6.45, 7) is 5.09. The van der Waals surface area contributed by atoms with E-state index in [4.69, 9.17) is 10.9 Å². The van der Waals surface area contributed by atoms with Gasteiger partial charge in [0.15, 0.2) is 5.84 Å². The van der Waals surface area contributed by atoms with Crippen LogP contribution in [0.25, 0.3) is 0 Å². The summed E-state index contributed by atoms with van der Waals surface area (Å²) in [7, 11) is 0. The van der Waals surface area contributed by atoms with E-state index in [9.17, 15) is 4.79 Å². The molecule has 2 unspecified atom stereocenters. The lowest BCUT2D eigenvalue weighted by Gasteiger charge is -2.39. The minimum atomic E-state index is -0.0312. The summed E-state index contributed by atoms with van der Waals surface area (Å²) < 4.78 is 0. The molecular formula is C14H26N4O2S. The second-order valence-corrected chi connectivity index (χ2v) is 6.98. The van der Waals surface area contributed by atoms with Crippen LogP contribution in [0.5, 0.6) is 0 Å². The number of oxime groups is 1. The maximum absolute atomic E-state index is 12.5. The van der Waals surface area contributed by atoms with E-state index < -0.39 is 0 Å². The van der Waals surface area contributed by atoms with Crippen LogP contribution in [0.3, 0.4) is 0 Å². The third kappa shape index (κ3) is 4.03. The third-order valence-corrected chi connectivity index (χ3v) is 5.73. The number of carbonyl (C=O) groups excluding carboxylic acids is 1. The highest BCUT2D eigenvalue weighted by atomic mass is 32.2. The van der Waals surface area contributed by atoms with Crippen molar-refractivity contribution < 1.29 is 10.0 Å². The van der Waals surface area contributed by atoms with Gasteiger partial charge in [-0.1, -0.05) is 18.5 Å². The van der Waals surface area contributed by atoms with Crippen LogP contribution in [0.1, 0.15) is 32.6 Å². The van der Waals surface area contributed by atoms with Crippen molar-refractivity contribution in [2.45, 2.75) is 43.9 Å². The highest BCUT2D eigenvalue weighted by molar-refractivity contribution is 8.00. The Balaban J connectivity index is 1.86. The number of hydrogen-bond acceptors (Lipinski definition) is 5. The number of rotatable bonds is 4. The number of hydrogen-bond donors (Lipinski definition) is 2. The molecule has 6 nitrogen and oxygen atoms in total. The standard InChI is InChI=1S/C14H26N4O2S/c1-2-11(13(15)16-20)17-6-8-18(9-7-17)14(19)12-5-3-4-10-21-12/h11-12,20H,2-10H2,1H3,(H2,15,16). The average Bonchev–Trinajstić information content (AvgIpc) is 2.56. The highest BCUT2D eigenvalue weighted by Crippen LogP contribution is 2.27. The van der Waals surface area contributed by atoms with Gasteiger partial charge in [0.05, 0.1) is 11.3 Å². The smallest absolute Gasteiger partial charge is 0.235 e. The van der Waals surface area contributed by atoms with E-state index in [1.54, 1.807) is 0 Å². The van der Waals surface area contributed by atoms with Gasteiger partial charge in [-0.05, 0) is 25.0 Å². The Hall–Kier alpha value is -0.950. The molecule has 0 aromatic carbocycles. The number of nitrogens with two attached hydrogens (primary N) is 1. The molecule has 2 atom stereocenters. The van der Waals surface area contributed by atoms with Crippen molar-refractivity contribution in [3.63, 3.8) is 0 Å². The van der Waals surface area contributed by atoms with E-state index in [1.807, 2.05) is 23.6 Å². The molecule has 7 heteroatoms. The Labute approximate surface area is 130 Å². The zero-order chi connectivity index (χ0) is 15.2. The summed E-state index contributed by atoms with van der Waals surface area (Å²) in [5.41, 5.74) is 5.74. The molecule has 21 heavy (non-hydrogen) atoms. The van der Waals surface area contributed by atoms with Crippen LogP contribution in [0.4, 0.5) is 0 Å². The average molecular weight is 314 g/mol. The SMILES string of the molecule is CCC(C(N)=NO)N1CCN(C(=O)C2CCCCS2)CC1. The van der Waals surface area contributed by atoms with Crippen LogP contribution in [0.2, 0.25) is 0 Å². The Kier molecular flexibility index (Phi) is 6.17. The zero-order valence-electron chi connectivity index (χ0n) is 12.7. The van der Waals surface area contributed by atoms with Gasteiger partial charge in [-0.15, -0.1) is 11.8 Å². The van der Waals surface area contributed by atoms with Gasteiger partial charge in [-0.2, -0.15) is 0 Å². The molecule has 2 fully saturated rings. The van der Waals surface area contributed by atoms with Crippen molar-refractivity contribution in [3.05, 3.63) is 0 Å². The minimum absolute atomic E-state index is 0.0312. The maximum atomic E-state index is 12.5. The molecule has 0 bridgehead atoms. The summed E-state index contributed by atoms with van der Waals surface area (Å²) >= 11 is 1.81. The van der Waals surface area contributed by atoms with E-state index in [1.165, 1.54) is 12.8 Å². The molecule has 2 aliphatic rings. The van der Waals surface area contributed by atoms with Gasteiger partial charge in [0.25, 0.3) is 0 Å². The summed E-state index contributed by atoms with van der Waals surface area (Å²) in [5.74, 6) is 1.67. The maximum Gasteiger partial charge on any atom is 0.235 e. The van der Waals surface area contributed by atoms with Gasteiger partial charge in [0.1, 0.15) is 0 Å².